The molecule has 0 aromatic carbocycles. The summed E-state index contributed by atoms with van der Waals surface area (Å²) in [6.07, 6.45) is 9.68. The highest BCUT2D eigenvalue weighted by atomic mass is 15.2. The molecule has 0 N–H and O–H groups in total. The minimum atomic E-state index is 0.815. The molecule has 0 amide bonds. The lowest BCUT2D eigenvalue weighted by Crippen LogP contribution is -2.53. The zero-order valence-electron chi connectivity index (χ0n) is 13.8. The van der Waals surface area contributed by atoms with E-state index in [2.05, 4.69) is 37.5 Å². The lowest BCUT2D eigenvalue weighted by molar-refractivity contribution is 0.0521. The number of unbranched alkanes of at least 4 members (excludes halogenated alkanes) is 1. The Bertz CT molecular complexity index is 217. The van der Waals surface area contributed by atoms with Crippen LogP contribution in [0, 0.1) is 0 Å². The quantitative estimate of drug-likeness (QED) is 0.620. The van der Waals surface area contributed by atoms with Crippen LogP contribution in [0.3, 0.4) is 0 Å². The van der Waals surface area contributed by atoms with Crippen LogP contribution in [-0.2, 0) is 0 Å². The molecule has 0 aromatic heterocycles. The monoisotopic (exact) mass is 268 g/mol. The lowest BCUT2D eigenvalue weighted by Gasteiger charge is -2.45. The van der Waals surface area contributed by atoms with Crippen molar-refractivity contribution in [2.24, 2.45) is 0 Å². The van der Waals surface area contributed by atoms with Crippen molar-refractivity contribution < 1.29 is 0 Å². The van der Waals surface area contributed by atoms with Gasteiger partial charge in [0.05, 0.1) is 0 Å². The maximum absolute atomic E-state index is 2.77. The van der Waals surface area contributed by atoms with E-state index in [1.165, 1.54) is 71.1 Å². The molecule has 0 heterocycles. The number of likely N-dealkylation sites (N-methyl/N-ethyl adjacent to an activating group) is 2. The Morgan fingerprint density at radius 2 is 1.26 bits per heavy atom. The molecule has 1 saturated carbocycles. The smallest absolute Gasteiger partial charge is 0.0251 e. The largest absolute Gasteiger partial charge is 0.299 e. The molecule has 1 rings (SSSR count). The van der Waals surface area contributed by atoms with Gasteiger partial charge in [0.2, 0.25) is 0 Å². The number of hydrogen-bond acceptors (Lipinski definition) is 2. The molecule has 0 aliphatic heterocycles. The molecule has 2 heteroatoms. The first kappa shape index (κ1) is 17.0. The molecule has 2 nitrogen and oxygen atoms in total. The van der Waals surface area contributed by atoms with Gasteiger partial charge in [-0.05, 0) is 51.9 Å². The van der Waals surface area contributed by atoms with Gasteiger partial charge in [-0.25, -0.2) is 0 Å². The van der Waals surface area contributed by atoms with Crippen LogP contribution in [0.5, 0.6) is 0 Å². The van der Waals surface area contributed by atoms with Gasteiger partial charge < -0.3 is 0 Å². The van der Waals surface area contributed by atoms with Gasteiger partial charge in [0.1, 0.15) is 0 Å². The van der Waals surface area contributed by atoms with Crippen LogP contribution in [-0.4, -0.2) is 48.1 Å². The van der Waals surface area contributed by atoms with E-state index in [1.807, 2.05) is 0 Å². The molecule has 1 fully saturated rings. The van der Waals surface area contributed by atoms with Crippen LogP contribution in [0.4, 0.5) is 0 Å². The lowest BCUT2D eigenvalue weighted by atomic mass is 9.87. The molecule has 0 bridgehead atoms. The fraction of sp³-hybridized carbons (Fsp3) is 1.00. The van der Waals surface area contributed by atoms with Gasteiger partial charge in [-0.15, -0.1) is 0 Å². The minimum Gasteiger partial charge on any atom is -0.299 e. The first-order valence-corrected chi connectivity index (χ1v) is 8.76. The zero-order chi connectivity index (χ0) is 14.1. The molecule has 2 unspecified atom stereocenters. The highest BCUT2D eigenvalue weighted by molar-refractivity contribution is 4.89. The van der Waals surface area contributed by atoms with Crippen LogP contribution in [0.25, 0.3) is 0 Å². The molecule has 114 valence electrons. The topological polar surface area (TPSA) is 6.48 Å². The van der Waals surface area contributed by atoms with Gasteiger partial charge >= 0.3 is 0 Å². The molecule has 0 aromatic rings. The minimum absolute atomic E-state index is 0.815. The predicted octanol–water partition coefficient (Wildman–Crippen LogP) is 4.15. The van der Waals surface area contributed by atoms with E-state index in [4.69, 9.17) is 0 Å². The highest BCUT2D eigenvalue weighted by Crippen LogP contribution is 2.27. The van der Waals surface area contributed by atoms with Crippen molar-refractivity contribution in [1.82, 2.24) is 9.80 Å². The number of hydrogen-bond donors (Lipinski definition) is 0. The van der Waals surface area contributed by atoms with E-state index in [-0.39, 0.29) is 0 Å². The van der Waals surface area contributed by atoms with Gasteiger partial charge in [0.15, 0.2) is 0 Å². The molecule has 1 aliphatic carbocycles. The van der Waals surface area contributed by atoms with Crippen LogP contribution in [0.1, 0.15) is 72.6 Å². The fourth-order valence-corrected chi connectivity index (χ4v) is 3.71. The Morgan fingerprint density at radius 1 is 0.737 bits per heavy atom. The summed E-state index contributed by atoms with van der Waals surface area (Å²) >= 11 is 0. The summed E-state index contributed by atoms with van der Waals surface area (Å²) in [6, 6.07) is 1.63. The average Bonchev–Trinajstić information content (AvgIpc) is 2.46. The Kier molecular flexibility index (Phi) is 8.72. The summed E-state index contributed by atoms with van der Waals surface area (Å²) in [4.78, 5) is 5.52. The van der Waals surface area contributed by atoms with Crippen molar-refractivity contribution in [2.75, 3.05) is 26.2 Å². The van der Waals surface area contributed by atoms with Gasteiger partial charge in [0, 0.05) is 12.1 Å². The molecular formula is C17H36N2. The van der Waals surface area contributed by atoms with E-state index in [9.17, 15) is 0 Å². The van der Waals surface area contributed by atoms with Crippen molar-refractivity contribution in [1.29, 1.82) is 0 Å². The van der Waals surface area contributed by atoms with Crippen LogP contribution in [0.2, 0.25) is 0 Å². The summed E-state index contributed by atoms with van der Waals surface area (Å²) in [5, 5.41) is 0. The van der Waals surface area contributed by atoms with E-state index in [1.54, 1.807) is 0 Å². The Hall–Kier alpha value is -0.0800. The van der Waals surface area contributed by atoms with Crippen LogP contribution in [0.15, 0.2) is 0 Å². The summed E-state index contributed by atoms with van der Waals surface area (Å²) in [5.41, 5.74) is 0. The van der Waals surface area contributed by atoms with Crippen molar-refractivity contribution in [2.45, 2.75) is 84.7 Å². The standard InChI is InChI=1S/C17H36N2/c1-5-9-15-19(8-4)17-13-11-10-12-16(17)18(7-3)14-6-2/h16-17H,5-15H2,1-4H3. The summed E-state index contributed by atoms with van der Waals surface area (Å²) in [5.74, 6) is 0. The Labute approximate surface area is 121 Å². The van der Waals surface area contributed by atoms with Crippen LogP contribution >= 0.6 is 0 Å². The second-order valence-electron chi connectivity index (χ2n) is 6.03. The number of rotatable bonds is 9. The highest BCUT2D eigenvalue weighted by Gasteiger charge is 2.32. The van der Waals surface area contributed by atoms with E-state index < -0.39 is 0 Å². The maximum atomic E-state index is 2.77. The zero-order valence-corrected chi connectivity index (χ0v) is 13.8. The molecule has 19 heavy (non-hydrogen) atoms. The third-order valence-corrected chi connectivity index (χ3v) is 4.75. The maximum Gasteiger partial charge on any atom is 0.0251 e. The van der Waals surface area contributed by atoms with Crippen molar-refractivity contribution in [3.63, 3.8) is 0 Å². The second kappa shape index (κ2) is 9.77. The van der Waals surface area contributed by atoms with Crippen molar-refractivity contribution in [3.8, 4) is 0 Å². The molecule has 0 saturated heterocycles. The SMILES string of the molecule is CCCCN(CC)C1CCCCC1N(CC)CCC. The van der Waals surface area contributed by atoms with Crippen LogP contribution < -0.4 is 0 Å². The third kappa shape index (κ3) is 5.07. The summed E-state index contributed by atoms with van der Waals surface area (Å²) < 4.78 is 0. The van der Waals surface area contributed by atoms with Crippen molar-refractivity contribution in [3.05, 3.63) is 0 Å². The Morgan fingerprint density at radius 3 is 1.68 bits per heavy atom. The molecular weight excluding hydrogens is 232 g/mol. The molecule has 1 aliphatic rings. The predicted molar refractivity (Wildman–Crippen MR) is 85.7 cm³/mol. The van der Waals surface area contributed by atoms with E-state index in [0.717, 1.165) is 12.1 Å². The summed E-state index contributed by atoms with van der Waals surface area (Å²) in [7, 11) is 0. The summed E-state index contributed by atoms with van der Waals surface area (Å²) in [6.45, 7) is 14.3. The fourth-order valence-electron chi connectivity index (χ4n) is 3.71. The second-order valence-corrected chi connectivity index (χ2v) is 6.03. The molecule has 0 radical (unpaired) electrons. The Balaban J connectivity index is 2.68. The van der Waals surface area contributed by atoms with Gasteiger partial charge in [-0.3, -0.25) is 9.80 Å². The van der Waals surface area contributed by atoms with E-state index in [0.29, 0.717) is 0 Å². The molecule has 2 atom stereocenters. The van der Waals surface area contributed by atoms with E-state index >= 15 is 0 Å². The number of nitrogens with zero attached hydrogens (tertiary/aromatic N) is 2. The first-order chi connectivity index (χ1) is 9.28. The average molecular weight is 268 g/mol. The first-order valence-electron chi connectivity index (χ1n) is 8.76. The van der Waals surface area contributed by atoms with Gasteiger partial charge in [-0.2, -0.15) is 0 Å². The van der Waals surface area contributed by atoms with Gasteiger partial charge in [0.25, 0.3) is 0 Å². The normalized spacial score (nSPS) is 24.3. The van der Waals surface area contributed by atoms with Crippen molar-refractivity contribution >= 4 is 0 Å². The third-order valence-electron chi connectivity index (χ3n) is 4.75. The molecule has 0 spiro atoms. The van der Waals surface area contributed by atoms with Gasteiger partial charge in [-0.1, -0.05) is 47.0 Å².